The van der Waals surface area contributed by atoms with E-state index in [0.717, 1.165) is 0 Å². The Balaban J connectivity index is 3.53. The average molecular weight is 302 g/mol. The van der Waals surface area contributed by atoms with Crippen LogP contribution in [0.15, 0.2) is 0 Å². The first kappa shape index (κ1) is 15.4. The molecule has 1 heterocycles. The summed E-state index contributed by atoms with van der Waals surface area (Å²) in [4.78, 5) is -0.686. The van der Waals surface area contributed by atoms with Crippen molar-refractivity contribution in [3.05, 3.63) is 11.4 Å². The van der Waals surface area contributed by atoms with E-state index >= 15 is 0 Å². The second-order valence-electron chi connectivity index (χ2n) is 3.28. The Morgan fingerprint density at radius 1 is 0.895 bits per heavy atom. The van der Waals surface area contributed by atoms with E-state index in [1.165, 1.54) is 0 Å². The quantitative estimate of drug-likeness (QED) is 0.639. The lowest BCUT2D eigenvalue weighted by Crippen LogP contribution is -2.38. The summed E-state index contributed by atoms with van der Waals surface area (Å²) in [6, 6.07) is 0. The number of hydrogen-bond acceptors (Lipinski definition) is 3. The highest BCUT2D eigenvalue weighted by molar-refractivity contribution is 5.22. The summed E-state index contributed by atoms with van der Waals surface area (Å²) in [7, 11) is 0. The topological polar surface area (TPSA) is 56.7 Å². The van der Waals surface area contributed by atoms with Crippen LogP contribution in [0.5, 0.6) is 0 Å². The molecule has 0 saturated carbocycles. The van der Waals surface area contributed by atoms with Crippen molar-refractivity contribution in [2.75, 3.05) is 5.84 Å². The smallest absolute Gasteiger partial charge is 0.321 e. The van der Waals surface area contributed by atoms with Crippen molar-refractivity contribution >= 4 is 0 Å². The summed E-state index contributed by atoms with van der Waals surface area (Å²) in [6.07, 6.45) is -17.6. The second kappa shape index (κ2) is 4.16. The van der Waals surface area contributed by atoms with Crippen LogP contribution in [0.25, 0.3) is 0 Å². The summed E-state index contributed by atoms with van der Waals surface area (Å²) in [5, 5.41) is 4.55. The van der Waals surface area contributed by atoms with Crippen LogP contribution in [0.1, 0.15) is 17.3 Å². The van der Waals surface area contributed by atoms with Crippen LogP contribution in [0.4, 0.5) is 39.5 Å². The number of nitrogen functional groups attached to an aromatic ring is 1. The molecule has 0 aliphatic heterocycles. The van der Waals surface area contributed by atoms with Crippen LogP contribution in [-0.4, -0.2) is 27.5 Å². The molecule has 110 valence electrons. The predicted octanol–water partition coefficient (Wildman–Crippen LogP) is 2.22. The standard InChI is InChI=1S/C6H3F9N4/c7-4(8,9)2(5(10,11)12)1-3(6(13,14)15)17-18-19(1)16/h2H,16H2. The Labute approximate surface area is 97.5 Å². The van der Waals surface area contributed by atoms with Crippen LogP contribution in [-0.2, 0) is 6.18 Å². The zero-order valence-electron chi connectivity index (χ0n) is 8.40. The van der Waals surface area contributed by atoms with Gasteiger partial charge in [0.2, 0.25) is 0 Å². The molecule has 0 aliphatic rings. The number of alkyl halides is 9. The van der Waals surface area contributed by atoms with Crippen molar-refractivity contribution < 1.29 is 39.5 Å². The largest absolute Gasteiger partial charge is 0.437 e. The minimum absolute atomic E-state index is 0.686. The third-order valence-electron chi connectivity index (χ3n) is 1.93. The molecule has 0 aromatic carbocycles. The molecule has 0 radical (unpaired) electrons. The Morgan fingerprint density at radius 3 is 1.63 bits per heavy atom. The van der Waals surface area contributed by atoms with Gasteiger partial charge in [-0.2, -0.15) is 44.3 Å². The molecule has 2 N–H and O–H groups in total. The molecule has 0 amide bonds. The lowest BCUT2D eigenvalue weighted by molar-refractivity contribution is -0.256. The summed E-state index contributed by atoms with van der Waals surface area (Å²) >= 11 is 0. The first-order valence-electron chi connectivity index (χ1n) is 4.17. The summed E-state index contributed by atoms with van der Waals surface area (Å²) in [6.45, 7) is 0. The normalized spacial score (nSPS) is 14.2. The number of hydrogen-bond donors (Lipinski definition) is 1. The second-order valence-corrected chi connectivity index (χ2v) is 3.28. The fourth-order valence-corrected chi connectivity index (χ4v) is 1.27. The maximum Gasteiger partial charge on any atom is 0.437 e. The van der Waals surface area contributed by atoms with Crippen LogP contribution in [0.2, 0.25) is 0 Å². The molecule has 1 aromatic heterocycles. The van der Waals surface area contributed by atoms with Crippen LogP contribution in [0.3, 0.4) is 0 Å². The number of halogens is 9. The molecule has 0 fully saturated rings. The van der Waals surface area contributed by atoms with E-state index < -0.39 is 40.6 Å². The Bertz CT molecular complexity index is 439. The van der Waals surface area contributed by atoms with E-state index in [2.05, 4.69) is 16.2 Å². The van der Waals surface area contributed by atoms with E-state index in [4.69, 9.17) is 0 Å². The molecule has 1 rings (SSSR count). The number of nitrogens with two attached hydrogens (primary N) is 1. The van der Waals surface area contributed by atoms with Crippen molar-refractivity contribution in [2.24, 2.45) is 0 Å². The van der Waals surface area contributed by atoms with Crippen molar-refractivity contribution in [1.29, 1.82) is 0 Å². The van der Waals surface area contributed by atoms with Gasteiger partial charge in [0, 0.05) is 0 Å². The van der Waals surface area contributed by atoms with Gasteiger partial charge in [-0.3, -0.25) is 0 Å². The first-order valence-corrected chi connectivity index (χ1v) is 4.17. The van der Waals surface area contributed by atoms with Crippen molar-refractivity contribution in [3.8, 4) is 0 Å². The van der Waals surface area contributed by atoms with Gasteiger partial charge in [0.1, 0.15) is 5.69 Å². The number of aromatic nitrogens is 3. The molecule has 0 atom stereocenters. The van der Waals surface area contributed by atoms with Gasteiger partial charge in [-0.25, -0.2) is 0 Å². The molecule has 4 nitrogen and oxygen atoms in total. The third kappa shape index (κ3) is 3.01. The Kier molecular flexibility index (Phi) is 3.37. The molecule has 0 saturated heterocycles. The highest BCUT2D eigenvalue weighted by Crippen LogP contribution is 2.48. The fourth-order valence-electron chi connectivity index (χ4n) is 1.27. The maximum absolute atomic E-state index is 12.3. The number of nitrogens with zero attached hydrogens (tertiary/aromatic N) is 3. The van der Waals surface area contributed by atoms with Gasteiger partial charge in [0.05, 0.1) is 0 Å². The van der Waals surface area contributed by atoms with Crippen molar-refractivity contribution in [1.82, 2.24) is 15.1 Å². The van der Waals surface area contributed by atoms with Crippen LogP contribution >= 0.6 is 0 Å². The van der Waals surface area contributed by atoms with E-state index in [1.54, 1.807) is 0 Å². The minimum atomic E-state index is -6.03. The maximum atomic E-state index is 12.3. The zero-order valence-corrected chi connectivity index (χ0v) is 8.40. The van der Waals surface area contributed by atoms with Gasteiger partial charge in [0.15, 0.2) is 11.6 Å². The van der Waals surface area contributed by atoms with E-state index in [0.29, 0.717) is 0 Å². The molecule has 1 aromatic rings. The fraction of sp³-hybridized carbons (Fsp3) is 0.667. The van der Waals surface area contributed by atoms with Crippen molar-refractivity contribution in [3.63, 3.8) is 0 Å². The van der Waals surface area contributed by atoms with Gasteiger partial charge in [-0.05, 0) is 5.21 Å². The van der Waals surface area contributed by atoms with Crippen LogP contribution in [0, 0.1) is 0 Å². The molecule has 13 heteroatoms. The lowest BCUT2D eigenvalue weighted by Gasteiger charge is -2.23. The van der Waals surface area contributed by atoms with Crippen molar-refractivity contribution in [2.45, 2.75) is 24.4 Å². The zero-order chi connectivity index (χ0) is 15.2. The third-order valence-corrected chi connectivity index (χ3v) is 1.93. The minimum Gasteiger partial charge on any atom is -0.321 e. The van der Waals surface area contributed by atoms with Crippen LogP contribution < -0.4 is 5.84 Å². The summed E-state index contributed by atoms with van der Waals surface area (Å²) < 4.78 is 111. The van der Waals surface area contributed by atoms with E-state index in [-0.39, 0.29) is 0 Å². The SMILES string of the molecule is Nn1nnc(C(F)(F)F)c1C(C(F)(F)F)C(F)(F)F. The van der Waals surface area contributed by atoms with Gasteiger partial charge in [-0.1, -0.05) is 0 Å². The Hall–Kier alpha value is -1.69. The Morgan fingerprint density at radius 2 is 1.32 bits per heavy atom. The summed E-state index contributed by atoms with van der Waals surface area (Å²) in [5.41, 5.74) is -4.75. The first-order chi connectivity index (χ1) is 8.26. The molecule has 0 aliphatic carbocycles. The average Bonchev–Trinajstić information content (AvgIpc) is 2.42. The molecular weight excluding hydrogens is 299 g/mol. The molecule has 0 spiro atoms. The van der Waals surface area contributed by atoms with Gasteiger partial charge >= 0.3 is 18.5 Å². The molecular formula is C6H3F9N4. The predicted molar refractivity (Wildman–Crippen MR) is 40.0 cm³/mol. The lowest BCUT2D eigenvalue weighted by atomic mass is 10.0. The molecule has 0 unspecified atom stereocenters. The monoisotopic (exact) mass is 302 g/mol. The van der Waals surface area contributed by atoms with Gasteiger partial charge in [0.25, 0.3) is 0 Å². The molecule has 0 bridgehead atoms. The molecule has 19 heavy (non-hydrogen) atoms. The highest BCUT2D eigenvalue weighted by Gasteiger charge is 2.62. The summed E-state index contributed by atoms with van der Waals surface area (Å²) in [5.74, 6) is 0.142. The van der Waals surface area contributed by atoms with Gasteiger partial charge in [-0.15, -0.1) is 5.10 Å². The number of rotatable bonds is 1. The highest BCUT2D eigenvalue weighted by atomic mass is 19.4. The van der Waals surface area contributed by atoms with E-state index in [9.17, 15) is 39.5 Å². The van der Waals surface area contributed by atoms with E-state index in [1.807, 2.05) is 0 Å². The van der Waals surface area contributed by atoms with Gasteiger partial charge < -0.3 is 5.84 Å².